The summed E-state index contributed by atoms with van der Waals surface area (Å²) in [6.07, 6.45) is 11.3. The topological polar surface area (TPSA) is 66.0 Å². The molecule has 1 aromatic carbocycles. The molecule has 0 saturated carbocycles. The van der Waals surface area contributed by atoms with Crippen molar-refractivity contribution in [2.75, 3.05) is 0 Å². The van der Waals surface area contributed by atoms with Crippen LogP contribution in [0.25, 0.3) is 10.9 Å². The Bertz CT molecular complexity index is 563. The van der Waals surface area contributed by atoms with Crippen LogP contribution in [0.15, 0.2) is 24.4 Å². The highest BCUT2D eigenvalue weighted by molar-refractivity contribution is 5.81. The second-order valence-corrected chi connectivity index (χ2v) is 5.62. The third-order valence-electron chi connectivity index (χ3n) is 3.91. The molecule has 4 nitrogen and oxygen atoms in total. The third-order valence-corrected chi connectivity index (χ3v) is 3.91. The number of benzene rings is 1. The minimum Gasteiger partial charge on any atom is -0.481 e. The van der Waals surface area contributed by atoms with Gasteiger partial charge in [-0.3, -0.25) is 9.89 Å². The molecular weight excluding hydrogens is 264 g/mol. The van der Waals surface area contributed by atoms with Gasteiger partial charge in [0.1, 0.15) is 0 Å². The number of H-pyrrole nitrogens is 1. The Morgan fingerprint density at radius 2 is 1.76 bits per heavy atom. The summed E-state index contributed by atoms with van der Waals surface area (Å²) in [6.45, 7) is 0. The number of carboxylic acid groups (broad SMARTS) is 1. The standard InChI is InChI=1S/C17H24N2O2/c20-17(21)12-7-5-3-1-2-4-6-9-14-10-8-11-16-15(14)13-18-19-16/h8,10-11,13H,1-7,9,12H2,(H,18,19)(H,20,21). The van der Waals surface area contributed by atoms with Gasteiger partial charge in [-0.15, -0.1) is 0 Å². The van der Waals surface area contributed by atoms with E-state index in [0.717, 1.165) is 31.2 Å². The number of nitrogens with zero attached hydrogens (tertiary/aromatic N) is 1. The van der Waals surface area contributed by atoms with Crippen LogP contribution in [0.1, 0.15) is 56.9 Å². The van der Waals surface area contributed by atoms with Crippen molar-refractivity contribution in [3.05, 3.63) is 30.0 Å². The molecule has 1 heterocycles. The number of fused-ring (bicyclic) bond motifs is 1. The summed E-state index contributed by atoms with van der Waals surface area (Å²) in [5.41, 5.74) is 2.49. The average molecular weight is 288 g/mol. The van der Waals surface area contributed by atoms with Gasteiger partial charge in [-0.05, 0) is 30.9 Å². The summed E-state index contributed by atoms with van der Waals surface area (Å²) in [7, 11) is 0. The lowest BCUT2D eigenvalue weighted by Gasteiger charge is -2.04. The second kappa shape index (κ2) is 8.45. The predicted octanol–water partition coefficient (Wildman–Crippen LogP) is 4.31. The number of nitrogens with one attached hydrogen (secondary N) is 1. The van der Waals surface area contributed by atoms with Gasteiger partial charge >= 0.3 is 5.97 Å². The fourth-order valence-corrected chi connectivity index (χ4v) is 2.72. The third kappa shape index (κ3) is 5.21. The first-order valence-electron chi connectivity index (χ1n) is 7.90. The summed E-state index contributed by atoms with van der Waals surface area (Å²) in [6, 6.07) is 6.32. The normalized spacial score (nSPS) is 11.0. The number of carbonyl (C=O) groups is 1. The van der Waals surface area contributed by atoms with Gasteiger partial charge in [0.25, 0.3) is 0 Å². The molecule has 0 fully saturated rings. The van der Waals surface area contributed by atoms with Crippen LogP contribution >= 0.6 is 0 Å². The highest BCUT2D eigenvalue weighted by Crippen LogP contribution is 2.19. The van der Waals surface area contributed by atoms with Crippen molar-refractivity contribution in [2.24, 2.45) is 0 Å². The van der Waals surface area contributed by atoms with Crippen LogP contribution in [0.5, 0.6) is 0 Å². The number of rotatable bonds is 10. The molecular formula is C17H24N2O2. The minimum absolute atomic E-state index is 0.314. The van der Waals surface area contributed by atoms with Gasteiger partial charge in [0.15, 0.2) is 0 Å². The fourth-order valence-electron chi connectivity index (χ4n) is 2.72. The van der Waals surface area contributed by atoms with Gasteiger partial charge < -0.3 is 5.11 Å². The quantitative estimate of drug-likeness (QED) is 0.640. The van der Waals surface area contributed by atoms with Crippen molar-refractivity contribution >= 4 is 16.9 Å². The zero-order valence-electron chi connectivity index (χ0n) is 12.5. The van der Waals surface area contributed by atoms with Crippen molar-refractivity contribution in [1.82, 2.24) is 10.2 Å². The summed E-state index contributed by atoms with van der Waals surface area (Å²) in [4.78, 5) is 10.4. The molecule has 1 aromatic heterocycles. The van der Waals surface area contributed by atoms with Crippen molar-refractivity contribution in [3.8, 4) is 0 Å². The van der Waals surface area contributed by atoms with E-state index < -0.39 is 5.97 Å². The summed E-state index contributed by atoms with van der Waals surface area (Å²) < 4.78 is 0. The minimum atomic E-state index is -0.677. The largest absolute Gasteiger partial charge is 0.481 e. The van der Waals surface area contributed by atoms with Crippen LogP contribution in [-0.4, -0.2) is 21.3 Å². The van der Waals surface area contributed by atoms with E-state index in [9.17, 15) is 4.79 Å². The van der Waals surface area contributed by atoms with Crippen molar-refractivity contribution < 1.29 is 9.90 Å². The molecule has 0 saturated heterocycles. The Kier molecular flexibility index (Phi) is 6.25. The number of hydrogen-bond acceptors (Lipinski definition) is 2. The number of carboxylic acids is 1. The highest BCUT2D eigenvalue weighted by Gasteiger charge is 2.02. The van der Waals surface area contributed by atoms with Gasteiger partial charge in [0.05, 0.1) is 11.7 Å². The molecule has 0 amide bonds. The summed E-state index contributed by atoms with van der Waals surface area (Å²) in [5.74, 6) is -0.677. The molecule has 0 unspecified atom stereocenters. The van der Waals surface area contributed by atoms with E-state index >= 15 is 0 Å². The zero-order chi connectivity index (χ0) is 14.9. The first-order chi connectivity index (χ1) is 10.3. The Morgan fingerprint density at radius 3 is 2.52 bits per heavy atom. The Morgan fingerprint density at radius 1 is 1.05 bits per heavy atom. The summed E-state index contributed by atoms with van der Waals surface area (Å²) >= 11 is 0. The Hall–Kier alpha value is -1.84. The van der Waals surface area contributed by atoms with E-state index in [-0.39, 0.29) is 0 Å². The van der Waals surface area contributed by atoms with Crippen molar-refractivity contribution in [3.63, 3.8) is 0 Å². The smallest absolute Gasteiger partial charge is 0.303 e. The molecule has 0 aliphatic carbocycles. The molecule has 4 heteroatoms. The number of aromatic nitrogens is 2. The van der Waals surface area contributed by atoms with Gasteiger partial charge in [-0.2, -0.15) is 5.10 Å². The van der Waals surface area contributed by atoms with Gasteiger partial charge in [0, 0.05) is 11.8 Å². The lowest BCUT2D eigenvalue weighted by Crippen LogP contribution is -1.93. The molecule has 0 radical (unpaired) electrons. The predicted molar refractivity (Wildman–Crippen MR) is 84.4 cm³/mol. The number of aliphatic carboxylic acids is 1. The van der Waals surface area contributed by atoms with Crippen LogP contribution in [0.4, 0.5) is 0 Å². The first-order valence-corrected chi connectivity index (χ1v) is 7.90. The van der Waals surface area contributed by atoms with Crippen LogP contribution in [0, 0.1) is 0 Å². The van der Waals surface area contributed by atoms with E-state index in [0.29, 0.717) is 6.42 Å². The molecule has 0 aliphatic rings. The van der Waals surface area contributed by atoms with Gasteiger partial charge in [-0.25, -0.2) is 0 Å². The van der Waals surface area contributed by atoms with Gasteiger partial charge in [0.2, 0.25) is 0 Å². The Labute approximate surface area is 125 Å². The molecule has 0 atom stereocenters. The maximum Gasteiger partial charge on any atom is 0.303 e. The number of aryl methyl sites for hydroxylation is 1. The molecule has 21 heavy (non-hydrogen) atoms. The van der Waals surface area contributed by atoms with E-state index in [1.54, 1.807) is 0 Å². The average Bonchev–Trinajstić information content (AvgIpc) is 2.94. The maximum absolute atomic E-state index is 10.4. The molecule has 2 aromatic rings. The molecule has 2 N–H and O–H groups in total. The molecule has 114 valence electrons. The number of hydrogen-bond donors (Lipinski definition) is 2. The maximum atomic E-state index is 10.4. The lowest BCUT2D eigenvalue weighted by atomic mass is 10.0. The Balaban J connectivity index is 1.56. The molecule has 0 spiro atoms. The van der Waals surface area contributed by atoms with E-state index in [4.69, 9.17) is 5.11 Å². The van der Waals surface area contributed by atoms with E-state index in [1.807, 2.05) is 6.20 Å². The van der Waals surface area contributed by atoms with Crippen LogP contribution in [-0.2, 0) is 11.2 Å². The monoisotopic (exact) mass is 288 g/mol. The molecule has 2 rings (SSSR count). The van der Waals surface area contributed by atoms with Crippen molar-refractivity contribution in [1.29, 1.82) is 0 Å². The van der Waals surface area contributed by atoms with Crippen LogP contribution in [0.2, 0.25) is 0 Å². The fraction of sp³-hybridized carbons (Fsp3) is 0.529. The zero-order valence-corrected chi connectivity index (χ0v) is 12.5. The second-order valence-electron chi connectivity index (χ2n) is 5.62. The van der Waals surface area contributed by atoms with Crippen molar-refractivity contribution in [2.45, 2.75) is 57.8 Å². The lowest BCUT2D eigenvalue weighted by molar-refractivity contribution is -0.137. The number of unbranched alkanes of at least 4 members (excludes halogenated alkanes) is 6. The summed E-state index contributed by atoms with van der Waals surface area (Å²) in [5, 5.41) is 16.9. The highest BCUT2D eigenvalue weighted by atomic mass is 16.4. The van der Waals surface area contributed by atoms with Gasteiger partial charge in [-0.1, -0.05) is 44.2 Å². The van der Waals surface area contributed by atoms with Crippen LogP contribution in [0.3, 0.4) is 0 Å². The first kappa shape index (κ1) is 15.5. The van der Waals surface area contributed by atoms with E-state index in [2.05, 4.69) is 28.4 Å². The number of aromatic amines is 1. The SMILES string of the molecule is O=C(O)CCCCCCCCCc1cccc2[nH]ncc12. The van der Waals surface area contributed by atoms with Crippen LogP contribution < -0.4 is 0 Å². The van der Waals surface area contributed by atoms with E-state index in [1.165, 1.54) is 36.6 Å². The molecule has 0 aliphatic heterocycles. The molecule has 0 bridgehead atoms.